The van der Waals surface area contributed by atoms with Crippen LogP contribution in [0.3, 0.4) is 0 Å². The molecule has 0 spiro atoms. The van der Waals surface area contributed by atoms with Gasteiger partial charge in [-0.25, -0.2) is 22.0 Å². The standard InChI is InChI=1S/C22H30N5O4S3.ClO3/c1-14-12-17(21(2,3)4)27(18(13-14)22(5,6)7)15-8-10-16(11-9-15)34(30,31)26-19-24-25-20(32-19)33(23,28)29;2-1(3)4/h8-13H,1-7H3,(H,24,26)(H2,23,28,29);/q+1;-1. The van der Waals surface area contributed by atoms with E-state index in [1.165, 1.54) is 12.1 Å². The van der Waals surface area contributed by atoms with Crippen LogP contribution in [-0.2, 0) is 30.9 Å². The van der Waals surface area contributed by atoms with Crippen molar-refractivity contribution in [3.63, 3.8) is 0 Å². The molecule has 0 atom stereocenters. The molecule has 12 nitrogen and oxygen atoms in total. The number of aromatic nitrogens is 3. The van der Waals surface area contributed by atoms with Gasteiger partial charge in [0.05, 0.1) is 15.7 Å². The van der Waals surface area contributed by atoms with E-state index in [0.29, 0.717) is 11.3 Å². The first-order valence-electron chi connectivity index (χ1n) is 10.9. The molecule has 2 heterocycles. The van der Waals surface area contributed by atoms with E-state index in [4.69, 9.17) is 19.1 Å². The van der Waals surface area contributed by atoms with E-state index in [9.17, 15) is 16.8 Å². The molecule has 2 aromatic heterocycles. The SMILES string of the molecule is Cc1cc(C(C)(C)C)[n+](-c2ccc(S(=O)(=O)Nc3nnc(S(N)(=O)=O)s3)cc2)c(C(C)(C)C)c1.[O-][Cl+2]([O-])[O-]. The molecule has 0 amide bonds. The molecular weight excluding hydrogens is 578 g/mol. The first kappa shape index (κ1) is 32.0. The number of benzene rings is 1. The van der Waals surface area contributed by atoms with Crippen LogP contribution in [0.2, 0.25) is 0 Å². The van der Waals surface area contributed by atoms with Crippen molar-refractivity contribution in [3.05, 3.63) is 53.3 Å². The second-order valence-electron chi connectivity index (χ2n) is 10.3. The Hall–Kier alpha value is -2.24. The van der Waals surface area contributed by atoms with Gasteiger partial charge in [-0.1, -0.05) is 52.9 Å². The van der Waals surface area contributed by atoms with Crippen LogP contribution in [0, 0.1) is 17.7 Å². The highest BCUT2D eigenvalue weighted by Crippen LogP contribution is 2.28. The average Bonchev–Trinajstić information content (AvgIpc) is 3.20. The van der Waals surface area contributed by atoms with Gasteiger partial charge in [0.15, 0.2) is 11.4 Å². The summed E-state index contributed by atoms with van der Waals surface area (Å²) in [5, 5.41) is 11.8. The quantitative estimate of drug-likeness (QED) is 0.361. The largest absolute Gasteiger partial charge is 0.357 e. The third kappa shape index (κ3) is 8.38. The molecule has 210 valence electrons. The summed E-state index contributed by atoms with van der Waals surface area (Å²) in [5.41, 5.74) is 3.90. The summed E-state index contributed by atoms with van der Waals surface area (Å²) < 4.78 is 77.6. The fourth-order valence-electron chi connectivity index (χ4n) is 3.43. The second-order valence-corrected chi connectivity index (χ2v) is 15.1. The van der Waals surface area contributed by atoms with Crippen molar-refractivity contribution in [3.8, 4) is 5.69 Å². The average molecular weight is 608 g/mol. The molecule has 0 aliphatic carbocycles. The van der Waals surface area contributed by atoms with Gasteiger partial charge in [-0.2, -0.15) is 4.57 Å². The zero-order chi connectivity index (χ0) is 29.3. The zero-order valence-corrected chi connectivity index (χ0v) is 25.0. The lowest BCUT2D eigenvalue weighted by Crippen LogP contribution is -2.48. The molecule has 0 radical (unpaired) electrons. The van der Waals surface area contributed by atoms with Crippen molar-refractivity contribution < 1.29 is 46.2 Å². The van der Waals surface area contributed by atoms with Crippen LogP contribution < -0.4 is 28.4 Å². The van der Waals surface area contributed by atoms with E-state index in [2.05, 4.69) is 80.1 Å². The van der Waals surface area contributed by atoms with Crippen molar-refractivity contribution >= 4 is 36.5 Å². The second kappa shape index (κ2) is 11.5. The van der Waals surface area contributed by atoms with E-state index in [-0.39, 0.29) is 20.9 Å². The summed E-state index contributed by atoms with van der Waals surface area (Å²) in [4.78, 5) is 0.00550. The fraction of sp³-hybridized carbons (Fsp3) is 0.409. The van der Waals surface area contributed by atoms with Gasteiger partial charge in [0.2, 0.25) is 15.2 Å². The highest BCUT2D eigenvalue weighted by molar-refractivity contribution is 7.93. The summed E-state index contributed by atoms with van der Waals surface area (Å²) >= 11 is 0.542. The number of hydrogen-bond acceptors (Lipinski definition) is 10. The molecule has 3 rings (SSSR count). The molecule has 3 N–H and O–H groups in total. The zero-order valence-electron chi connectivity index (χ0n) is 21.8. The number of aryl methyl sites for hydroxylation is 1. The van der Waals surface area contributed by atoms with Crippen LogP contribution in [0.4, 0.5) is 5.13 Å². The van der Waals surface area contributed by atoms with Crippen molar-refractivity contribution in [2.24, 2.45) is 5.14 Å². The highest BCUT2D eigenvalue weighted by atomic mass is 35.6. The molecule has 0 aliphatic rings. The smallest absolute Gasteiger partial charge is 0.267 e. The van der Waals surface area contributed by atoms with Crippen LogP contribution in [0.5, 0.6) is 0 Å². The summed E-state index contributed by atoms with van der Waals surface area (Å²) in [6.07, 6.45) is 0. The number of pyridine rings is 1. The number of anilines is 1. The van der Waals surface area contributed by atoms with Crippen LogP contribution >= 0.6 is 11.3 Å². The first-order valence-corrected chi connectivity index (χ1v) is 15.7. The lowest BCUT2D eigenvalue weighted by Gasteiger charge is -2.24. The fourth-order valence-corrected chi connectivity index (χ4v) is 5.99. The number of nitrogens with two attached hydrogens (primary N) is 1. The van der Waals surface area contributed by atoms with Gasteiger partial charge in [-0.15, -0.1) is 10.2 Å². The minimum absolute atomic E-state index is 0.00550. The number of nitrogens with zero attached hydrogens (tertiary/aromatic N) is 3. The Balaban J connectivity index is 0.00000118. The molecule has 0 unspecified atom stereocenters. The van der Waals surface area contributed by atoms with Crippen molar-refractivity contribution in [1.29, 1.82) is 0 Å². The minimum Gasteiger partial charge on any atom is -0.357 e. The van der Waals surface area contributed by atoms with Crippen molar-refractivity contribution in [2.75, 3.05) is 4.72 Å². The monoisotopic (exact) mass is 607 g/mol. The maximum absolute atomic E-state index is 12.8. The minimum atomic E-state index is -4.07. The molecule has 0 fully saturated rings. The number of nitrogens with one attached hydrogen (secondary N) is 1. The van der Waals surface area contributed by atoms with Crippen LogP contribution in [0.15, 0.2) is 45.6 Å². The van der Waals surface area contributed by atoms with Gasteiger partial charge < -0.3 is 14.0 Å². The Morgan fingerprint density at radius 1 is 0.895 bits per heavy atom. The highest BCUT2D eigenvalue weighted by Gasteiger charge is 2.35. The molecule has 0 saturated heterocycles. The van der Waals surface area contributed by atoms with Crippen LogP contribution in [0.25, 0.3) is 5.69 Å². The van der Waals surface area contributed by atoms with Gasteiger partial charge in [-0.05, 0) is 24.6 Å². The Morgan fingerprint density at radius 2 is 1.34 bits per heavy atom. The maximum atomic E-state index is 12.8. The predicted molar refractivity (Wildman–Crippen MR) is 132 cm³/mol. The lowest BCUT2D eigenvalue weighted by molar-refractivity contribution is -1.73. The molecule has 16 heteroatoms. The molecule has 38 heavy (non-hydrogen) atoms. The summed E-state index contributed by atoms with van der Waals surface area (Å²) in [7, 11) is -10.9. The maximum Gasteiger partial charge on any atom is 0.267 e. The number of halogens is 1. The number of hydrogen-bond donors (Lipinski definition) is 2. The van der Waals surface area contributed by atoms with Gasteiger partial charge in [0.25, 0.3) is 20.0 Å². The van der Waals surface area contributed by atoms with E-state index in [0.717, 1.165) is 22.6 Å². The van der Waals surface area contributed by atoms with Crippen molar-refractivity contribution in [2.45, 2.75) is 68.5 Å². The van der Waals surface area contributed by atoms with Gasteiger partial charge >= 0.3 is 0 Å². The van der Waals surface area contributed by atoms with Crippen LogP contribution in [-0.4, -0.2) is 27.0 Å². The number of rotatable bonds is 5. The molecular formula is C22H30ClN5O7S3. The van der Waals surface area contributed by atoms with E-state index < -0.39 is 35.2 Å². The molecule has 0 bridgehead atoms. The number of sulfonamides is 2. The Labute approximate surface area is 229 Å². The summed E-state index contributed by atoms with van der Waals surface area (Å²) in [5.74, 6) is 0. The molecule has 0 aliphatic heterocycles. The first-order chi connectivity index (χ1) is 17.1. The normalized spacial score (nSPS) is 12.7. The Kier molecular flexibility index (Phi) is 9.65. The van der Waals surface area contributed by atoms with Gasteiger partial charge in [0, 0.05) is 35.1 Å². The summed E-state index contributed by atoms with van der Waals surface area (Å²) in [6, 6.07) is 10.8. The third-order valence-corrected chi connectivity index (χ3v) is 8.66. The van der Waals surface area contributed by atoms with Gasteiger partial charge in [-0.3, -0.25) is 4.72 Å². The summed E-state index contributed by atoms with van der Waals surface area (Å²) in [6.45, 7) is 14.9. The predicted octanol–water partition coefficient (Wildman–Crippen LogP) is -0.401. The van der Waals surface area contributed by atoms with Crippen molar-refractivity contribution in [1.82, 2.24) is 10.2 Å². The molecule has 3 aromatic rings. The Morgan fingerprint density at radius 3 is 1.71 bits per heavy atom. The molecule has 1 aromatic carbocycles. The topological polar surface area (TPSA) is 205 Å². The third-order valence-electron chi connectivity index (χ3n) is 5.02. The van der Waals surface area contributed by atoms with E-state index >= 15 is 0 Å². The molecule has 0 saturated carbocycles. The Bertz CT molecular complexity index is 1460. The van der Waals surface area contributed by atoms with E-state index in [1.54, 1.807) is 12.1 Å². The van der Waals surface area contributed by atoms with E-state index in [1.807, 2.05) is 0 Å². The van der Waals surface area contributed by atoms with Crippen LogP contribution in [0.1, 0.15) is 58.5 Å². The number of primary sulfonamides is 1. The lowest BCUT2D eigenvalue weighted by atomic mass is 9.85. The van der Waals surface area contributed by atoms with Gasteiger partial charge in [0.1, 0.15) is 0 Å².